The van der Waals surface area contributed by atoms with Gasteiger partial charge in [-0.15, -0.1) is 21.5 Å². The van der Waals surface area contributed by atoms with Crippen LogP contribution in [0.2, 0.25) is 0 Å². The monoisotopic (exact) mass is 413 g/mol. The number of rotatable bonds is 6. The van der Waals surface area contributed by atoms with Gasteiger partial charge in [-0.1, -0.05) is 26.0 Å². The van der Waals surface area contributed by atoms with E-state index in [1.54, 1.807) is 0 Å². The number of benzene rings is 1. The van der Waals surface area contributed by atoms with Crippen molar-refractivity contribution < 1.29 is 14.3 Å². The van der Waals surface area contributed by atoms with Crippen LogP contribution in [-0.4, -0.2) is 39.3 Å². The molecule has 1 amide bonds. The molecule has 0 spiro atoms. The summed E-state index contributed by atoms with van der Waals surface area (Å²) in [5.74, 6) is 2.00. The molecule has 1 aliphatic rings. The highest BCUT2D eigenvalue weighted by Crippen LogP contribution is 2.34. The van der Waals surface area contributed by atoms with E-state index in [4.69, 9.17) is 9.47 Å². The second-order valence-electron chi connectivity index (χ2n) is 7.17. The van der Waals surface area contributed by atoms with Crippen molar-refractivity contribution in [1.29, 1.82) is 0 Å². The highest BCUT2D eigenvalue weighted by Gasteiger charge is 2.22. The molecule has 2 aromatic heterocycles. The van der Waals surface area contributed by atoms with Crippen molar-refractivity contribution in [2.75, 3.05) is 13.2 Å². The number of ether oxygens (including phenoxy) is 2. The Kier molecular flexibility index (Phi) is 5.75. The average Bonchev–Trinajstić information content (AvgIpc) is 3.33. The molecule has 0 saturated carbocycles. The third-order valence-corrected chi connectivity index (χ3v) is 5.46. The molecule has 0 saturated heterocycles. The summed E-state index contributed by atoms with van der Waals surface area (Å²) in [6.07, 6.45) is 0.854. The number of nitrogens with one attached hydrogen (secondary N) is 1. The van der Waals surface area contributed by atoms with E-state index in [0.717, 1.165) is 28.4 Å². The van der Waals surface area contributed by atoms with Gasteiger partial charge in [0.2, 0.25) is 11.7 Å². The Hall–Kier alpha value is -2.94. The molecule has 152 valence electrons. The van der Waals surface area contributed by atoms with Gasteiger partial charge in [0, 0.05) is 6.42 Å². The van der Waals surface area contributed by atoms with Gasteiger partial charge in [-0.25, -0.2) is 0 Å². The zero-order chi connectivity index (χ0) is 20.2. The minimum Gasteiger partial charge on any atom is -0.490 e. The van der Waals surface area contributed by atoms with E-state index in [1.165, 1.54) is 16.1 Å². The van der Waals surface area contributed by atoms with Crippen LogP contribution in [0.1, 0.15) is 31.9 Å². The lowest BCUT2D eigenvalue weighted by Crippen LogP contribution is -2.34. The SMILES string of the molecule is CC(C)C(NC(=O)Cn1nnc(-c2cccs2)n1)c1ccc2c(c1)OCCCO2. The number of carbonyl (C=O) groups excluding carboxylic acids is 1. The first-order chi connectivity index (χ1) is 14.1. The maximum Gasteiger partial charge on any atom is 0.244 e. The first kappa shape index (κ1) is 19.4. The van der Waals surface area contributed by atoms with Crippen LogP contribution in [0.5, 0.6) is 11.5 Å². The molecular weight excluding hydrogens is 390 g/mol. The first-order valence-corrected chi connectivity index (χ1v) is 10.5. The Bertz CT molecular complexity index is 970. The molecule has 0 aliphatic carbocycles. The number of carbonyl (C=O) groups is 1. The highest BCUT2D eigenvalue weighted by atomic mass is 32.1. The van der Waals surface area contributed by atoms with Gasteiger partial charge in [0.15, 0.2) is 11.5 Å². The van der Waals surface area contributed by atoms with E-state index < -0.39 is 0 Å². The van der Waals surface area contributed by atoms with Gasteiger partial charge in [-0.05, 0) is 40.3 Å². The van der Waals surface area contributed by atoms with Crippen LogP contribution in [0.25, 0.3) is 10.7 Å². The van der Waals surface area contributed by atoms with Crippen molar-refractivity contribution in [3.05, 3.63) is 41.3 Å². The quantitative estimate of drug-likeness (QED) is 0.668. The van der Waals surface area contributed by atoms with E-state index in [2.05, 4.69) is 34.6 Å². The van der Waals surface area contributed by atoms with Crippen LogP contribution < -0.4 is 14.8 Å². The third kappa shape index (κ3) is 4.56. The Morgan fingerprint density at radius 3 is 2.83 bits per heavy atom. The Balaban J connectivity index is 1.46. The fourth-order valence-electron chi connectivity index (χ4n) is 3.17. The largest absolute Gasteiger partial charge is 0.490 e. The molecule has 29 heavy (non-hydrogen) atoms. The number of aromatic nitrogens is 4. The van der Waals surface area contributed by atoms with Gasteiger partial charge in [0.05, 0.1) is 24.1 Å². The van der Waals surface area contributed by atoms with Gasteiger partial charge in [0.1, 0.15) is 6.54 Å². The van der Waals surface area contributed by atoms with Gasteiger partial charge >= 0.3 is 0 Å². The Labute approximate surface area is 172 Å². The van der Waals surface area contributed by atoms with Gasteiger partial charge in [-0.2, -0.15) is 4.80 Å². The maximum atomic E-state index is 12.6. The predicted molar refractivity (Wildman–Crippen MR) is 109 cm³/mol. The number of fused-ring (bicyclic) bond motifs is 1. The third-order valence-electron chi connectivity index (χ3n) is 4.59. The molecule has 8 nitrogen and oxygen atoms in total. The lowest BCUT2D eigenvalue weighted by atomic mass is 9.95. The van der Waals surface area contributed by atoms with Crippen LogP contribution in [0.3, 0.4) is 0 Å². The lowest BCUT2D eigenvalue weighted by molar-refractivity contribution is -0.123. The summed E-state index contributed by atoms with van der Waals surface area (Å²) in [6, 6.07) is 9.51. The predicted octanol–water partition coefficient (Wildman–Crippen LogP) is 3.08. The summed E-state index contributed by atoms with van der Waals surface area (Å²) in [6.45, 7) is 5.41. The zero-order valence-electron chi connectivity index (χ0n) is 16.4. The number of hydrogen-bond acceptors (Lipinski definition) is 7. The lowest BCUT2D eigenvalue weighted by Gasteiger charge is -2.23. The first-order valence-electron chi connectivity index (χ1n) is 9.61. The molecule has 3 aromatic rings. The normalized spacial score (nSPS) is 14.4. The number of amides is 1. The van der Waals surface area contributed by atoms with Crippen molar-refractivity contribution in [2.24, 2.45) is 5.92 Å². The second-order valence-corrected chi connectivity index (χ2v) is 8.11. The van der Waals surface area contributed by atoms with E-state index in [1.807, 2.05) is 35.7 Å². The smallest absolute Gasteiger partial charge is 0.244 e. The van der Waals surface area contributed by atoms with Crippen LogP contribution in [0, 0.1) is 5.92 Å². The fourth-order valence-corrected chi connectivity index (χ4v) is 3.82. The minimum atomic E-state index is -0.175. The molecule has 0 bridgehead atoms. The van der Waals surface area contributed by atoms with Crippen molar-refractivity contribution in [3.8, 4) is 22.2 Å². The molecule has 0 radical (unpaired) electrons. The zero-order valence-corrected chi connectivity index (χ0v) is 17.2. The number of hydrogen-bond donors (Lipinski definition) is 1. The van der Waals surface area contributed by atoms with Crippen molar-refractivity contribution in [1.82, 2.24) is 25.5 Å². The molecule has 1 unspecified atom stereocenters. The summed E-state index contributed by atoms with van der Waals surface area (Å²) >= 11 is 1.53. The molecule has 4 rings (SSSR count). The minimum absolute atomic E-state index is 0.00610. The van der Waals surface area contributed by atoms with E-state index in [0.29, 0.717) is 19.0 Å². The van der Waals surface area contributed by atoms with Crippen molar-refractivity contribution >= 4 is 17.2 Å². The molecule has 9 heteroatoms. The van der Waals surface area contributed by atoms with Crippen LogP contribution in [0.15, 0.2) is 35.7 Å². The Morgan fingerprint density at radius 1 is 1.24 bits per heavy atom. The average molecular weight is 414 g/mol. The number of thiophene rings is 1. The summed E-state index contributed by atoms with van der Waals surface area (Å²) in [5.41, 5.74) is 0.975. The fraction of sp³-hybridized carbons (Fsp3) is 0.400. The van der Waals surface area contributed by atoms with E-state index in [-0.39, 0.29) is 24.4 Å². The highest BCUT2D eigenvalue weighted by molar-refractivity contribution is 7.13. The van der Waals surface area contributed by atoms with Crippen LogP contribution in [0.4, 0.5) is 0 Å². The molecule has 1 aliphatic heterocycles. The summed E-state index contributed by atoms with van der Waals surface area (Å²) in [4.78, 5) is 14.9. The number of tetrazole rings is 1. The van der Waals surface area contributed by atoms with E-state index >= 15 is 0 Å². The van der Waals surface area contributed by atoms with Gasteiger partial charge in [-0.3, -0.25) is 4.79 Å². The van der Waals surface area contributed by atoms with Crippen molar-refractivity contribution in [2.45, 2.75) is 32.9 Å². The summed E-state index contributed by atoms with van der Waals surface area (Å²) < 4.78 is 11.5. The molecule has 1 atom stereocenters. The van der Waals surface area contributed by atoms with Gasteiger partial charge < -0.3 is 14.8 Å². The molecule has 1 N–H and O–H groups in total. The number of nitrogens with zero attached hydrogens (tertiary/aromatic N) is 4. The second kappa shape index (κ2) is 8.60. The topological polar surface area (TPSA) is 91.2 Å². The molecule has 0 fully saturated rings. The van der Waals surface area contributed by atoms with Crippen molar-refractivity contribution in [3.63, 3.8) is 0 Å². The van der Waals surface area contributed by atoms with Crippen LogP contribution >= 0.6 is 11.3 Å². The summed E-state index contributed by atoms with van der Waals surface area (Å²) in [5, 5.41) is 17.3. The molecule has 1 aromatic carbocycles. The summed E-state index contributed by atoms with van der Waals surface area (Å²) in [7, 11) is 0. The van der Waals surface area contributed by atoms with Gasteiger partial charge in [0.25, 0.3) is 0 Å². The Morgan fingerprint density at radius 2 is 2.07 bits per heavy atom. The molecule has 3 heterocycles. The molecular formula is C20H23N5O3S. The van der Waals surface area contributed by atoms with Crippen LogP contribution in [-0.2, 0) is 11.3 Å². The maximum absolute atomic E-state index is 12.6. The standard InChI is InChI=1S/C20H23N5O3S/c1-13(2)19(14-6-7-15-16(11-14)28-9-4-8-27-15)21-18(26)12-25-23-20(22-24-25)17-5-3-10-29-17/h3,5-7,10-11,13,19H,4,8-9,12H2,1-2H3,(H,21,26). The van der Waals surface area contributed by atoms with E-state index in [9.17, 15) is 4.79 Å².